The third kappa shape index (κ3) is 3.67. The molecule has 0 aliphatic rings. The molecule has 1 atom stereocenters. The summed E-state index contributed by atoms with van der Waals surface area (Å²) in [6.07, 6.45) is 0. The molecule has 1 amide bonds. The first kappa shape index (κ1) is 15.2. The fourth-order valence-corrected chi connectivity index (χ4v) is 2.06. The number of nitrogens with one attached hydrogen (secondary N) is 1. The number of amides is 1. The van der Waals surface area contributed by atoms with E-state index in [0.29, 0.717) is 16.3 Å². The summed E-state index contributed by atoms with van der Waals surface area (Å²) in [5.74, 6) is 0.587. The molecule has 3 N–H and O–H groups in total. The second kappa shape index (κ2) is 6.50. The molecule has 0 bridgehead atoms. The minimum Gasteiger partial charge on any atom is -0.497 e. The first-order valence-electron chi connectivity index (χ1n) is 6.51. The second-order valence-electron chi connectivity index (χ2n) is 4.70. The minimum atomic E-state index is -0.193. The lowest BCUT2D eigenvalue weighted by Crippen LogP contribution is -2.26. The van der Waals surface area contributed by atoms with E-state index in [1.807, 2.05) is 31.2 Å². The van der Waals surface area contributed by atoms with Gasteiger partial charge in [-0.25, -0.2) is 0 Å². The summed E-state index contributed by atoms with van der Waals surface area (Å²) >= 11 is 5.85. The van der Waals surface area contributed by atoms with Crippen LogP contribution in [0.3, 0.4) is 0 Å². The predicted octanol–water partition coefficient (Wildman–Crippen LogP) is 3.42. The SMILES string of the molecule is COc1ccc(C(C)NC(=O)c2ccc(Cl)c(N)c2)cc1. The molecular formula is C16H17ClN2O2. The molecule has 2 aromatic carbocycles. The molecule has 0 spiro atoms. The topological polar surface area (TPSA) is 64.3 Å². The van der Waals surface area contributed by atoms with E-state index in [4.69, 9.17) is 22.1 Å². The molecule has 0 heterocycles. The summed E-state index contributed by atoms with van der Waals surface area (Å²) in [5, 5.41) is 3.36. The molecule has 0 aliphatic carbocycles. The Balaban J connectivity index is 2.08. The molecule has 21 heavy (non-hydrogen) atoms. The van der Waals surface area contributed by atoms with Crippen molar-refractivity contribution in [3.05, 3.63) is 58.6 Å². The highest BCUT2D eigenvalue weighted by molar-refractivity contribution is 6.33. The first-order chi connectivity index (χ1) is 10.0. The molecule has 0 radical (unpaired) electrons. The number of rotatable bonds is 4. The number of carbonyl (C=O) groups is 1. The van der Waals surface area contributed by atoms with Gasteiger partial charge in [0.05, 0.1) is 23.9 Å². The summed E-state index contributed by atoms with van der Waals surface area (Å²) in [5.41, 5.74) is 7.57. The number of nitrogens with two attached hydrogens (primary N) is 1. The highest BCUT2D eigenvalue weighted by atomic mass is 35.5. The lowest BCUT2D eigenvalue weighted by molar-refractivity contribution is 0.0940. The smallest absolute Gasteiger partial charge is 0.251 e. The van der Waals surface area contributed by atoms with Crippen LogP contribution < -0.4 is 15.8 Å². The fraction of sp³-hybridized carbons (Fsp3) is 0.188. The maximum absolute atomic E-state index is 12.2. The lowest BCUT2D eigenvalue weighted by Gasteiger charge is -2.15. The number of anilines is 1. The van der Waals surface area contributed by atoms with E-state index in [1.54, 1.807) is 25.3 Å². The van der Waals surface area contributed by atoms with Crippen LogP contribution in [0, 0.1) is 0 Å². The molecule has 1 unspecified atom stereocenters. The number of methoxy groups -OCH3 is 1. The Morgan fingerprint density at radius 3 is 2.48 bits per heavy atom. The highest BCUT2D eigenvalue weighted by Crippen LogP contribution is 2.21. The summed E-state index contributed by atoms with van der Waals surface area (Å²) in [6, 6.07) is 12.3. The van der Waals surface area contributed by atoms with Gasteiger partial charge in [-0.1, -0.05) is 23.7 Å². The molecule has 110 valence electrons. The van der Waals surface area contributed by atoms with Gasteiger partial charge < -0.3 is 15.8 Å². The van der Waals surface area contributed by atoms with Gasteiger partial charge >= 0.3 is 0 Å². The molecule has 2 rings (SSSR count). The van der Waals surface area contributed by atoms with E-state index >= 15 is 0 Å². The van der Waals surface area contributed by atoms with Crippen molar-refractivity contribution < 1.29 is 9.53 Å². The molecule has 0 aliphatic heterocycles. The monoisotopic (exact) mass is 304 g/mol. The van der Waals surface area contributed by atoms with Crippen LogP contribution in [0.1, 0.15) is 28.9 Å². The molecule has 0 saturated carbocycles. The van der Waals surface area contributed by atoms with Gasteiger partial charge in [-0.15, -0.1) is 0 Å². The van der Waals surface area contributed by atoms with E-state index in [9.17, 15) is 4.79 Å². The van der Waals surface area contributed by atoms with Crippen LogP contribution in [0.5, 0.6) is 5.75 Å². The van der Waals surface area contributed by atoms with Crippen LogP contribution in [0.2, 0.25) is 5.02 Å². The molecular weight excluding hydrogens is 288 g/mol. The third-order valence-corrected chi connectivity index (χ3v) is 3.57. The van der Waals surface area contributed by atoms with Crippen molar-refractivity contribution in [2.45, 2.75) is 13.0 Å². The van der Waals surface area contributed by atoms with Crippen molar-refractivity contribution in [2.75, 3.05) is 12.8 Å². The number of hydrogen-bond acceptors (Lipinski definition) is 3. The van der Waals surface area contributed by atoms with Gasteiger partial charge in [0.1, 0.15) is 5.75 Å². The van der Waals surface area contributed by atoms with Crippen molar-refractivity contribution in [3.8, 4) is 5.75 Å². The van der Waals surface area contributed by atoms with E-state index in [-0.39, 0.29) is 11.9 Å². The largest absolute Gasteiger partial charge is 0.497 e. The summed E-state index contributed by atoms with van der Waals surface area (Å²) < 4.78 is 5.11. The van der Waals surface area contributed by atoms with Crippen molar-refractivity contribution >= 4 is 23.2 Å². The van der Waals surface area contributed by atoms with Gasteiger partial charge in [-0.2, -0.15) is 0 Å². The Kier molecular flexibility index (Phi) is 4.70. The number of halogens is 1. The zero-order chi connectivity index (χ0) is 15.4. The van der Waals surface area contributed by atoms with Crippen molar-refractivity contribution in [3.63, 3.8) is 0 Å². The molecule has 0 saturated heterocycles. The number of ether oxygens (including phenoxy) is 1. The fourth-order valence-electron chi connectivity index (χ4n) is 1.94. The van der Waals surface area contributed by atoms with Crippen LogP contribution in [0.15, 0.2) is 42.5 Å². The van der Waals surface area contributed by atoms with E-state index < -0.39 is 0 Å². The number of benzene rings is 2. The van der Waals surface area contributed by atoms with Gasteiger partial charge in [0.25, 0.3) is 5.91 Å². The number of carbonyl (C=O) groups excluding carboxylic acids is 1. The molecule has 0 fully saturated rings. The standard InChI is InChI=1S/C16H17ClN2O2/c1-10(11-3-6-13(21-2)7-4-11)19-16(20)12-5-8-14(17)15(18)9-12/h3-10H,18H2,1-2H3,(H,19,20). The zero-order valence-corrected chi connectivity index (χ0v) is 12.6. The molecule has 0 aromatic heterocycles. The minimum absolute atomic E-state index is 0.125. The summed E-state index contributed by atoms with van der Waals surface area (Å²) in [4.78, 5) is 12.2. The van der Waals surface area contributed by atoms with Crippen molar-refractivity contribution in [1.82, 2.24) is 5.32 Å². The van der Waals surface area contributed by atoms with E-state index in [0.717, 1.165) is 11.3 Å². The second-order valence-corrected chi connectivity index (χ2v) is 5.11. The average Bonchev–Trinajstić information content (AvgIpc) is 2.50. The average molecular weight is 305 g/mol. The van der Waals surface area contributed by atoms with Crippen LogP contribution >= 0.6 is 11.6 Å². The van der Waals surface area contributed by atoms with Crippen LogP contribution in [-0.2, 0) is 0 Å². The zero-order valence-electron chi connectivity index (χ0n) is 11.9. The van der Waals surface area contributed by atoms with Crippen LogP contribution in [-0.4, -0.2) is 13.0 Å². The Labute approximate surface area is 128 Å². The van der Waals surface area contributed by atoms with Gasteiger partial charge in [-0.05, 0) is 42.8 Å². The van der Waals surface area contributed by atoms with Gasteiger partial charge in [0.15, 0.2) is 0 Å². The van der Waals surface area contributed by atoms with Gasteiger partial charge in [-0.3, -0.25) is 4.79 Å². The van der Waals surface area contributed by atoms with Crippen molar-refractivity contribution in [1.29, 1.82) is 0 Å². The summed E-state index contributed by atoms with van der Waals surface area (Å²) in [7, 11) is 1.62. The van der Waals surface area contributed by atoms with Gasteiger partial charge in [0.2, 0.25) is 0 Å². The Hall–Kier alpha value is -2.20. The highest BCUT2D eigenvalue weighted by Gasteiger charge is 2.12. The Morgan fingerprint density at radius 2 is 1.90 bits per heavy atom. The lowest BCUT2D eigenvalue weighted by atomic mass is 10.1. The maximum atomic E-state index is 12.2. The van der Waals surface area contributed by atoms with Crippen LogP contribution in [0.4, 0.5) is 5.69 Å². The first-order valence-corrected chi connectivity index (χ1v) is 6.89. The normalized spacial score (nSPS) is 11.8. The maximum Gasteiger partial charge on any atom is 0.251 e. The molecule has 2 aromatic rings. The number of hydrogen-bond donors (Lipinski definition) is 2. The quantitative estimate of drug-likeness (QED) is 0.851. The van der Waals surface area contributed by atoms with Crippen molar-refractivity contribution in [2.24, 2.45) is 0 Å². The summed E-state index contributed by atoms with van der Waals surface area (Å²) in [6.45, 7) is 1.92. The van der Waals surface area contributed by atoms with Gasteiger partial charge in [0, 0.05) is 5.56 Å². The molecule has 5 heteroatoms. The Morgan fingerprint density at radius 1 is 1.24 bits per heavy atom. The number of nitrogen functional groups attached to an aromatic ring is 1. The van der Waals surface area contributed by atoms with E-state index in [2.05, 4.69) is 5.32 Å². The predicted molar refractivity (Wildman–Crippen MR) is 84.7 cm³/mol. The Bertz CT molecular complexity index is 641. The van der Waals surface area contributed by atoms with Crippen LogP contribution in [0.25, 0.3) is 0 Å². The third-order valence-electron chi connectivity index (χ3n) is 3.22. The van der Waals surface area contributed by atoms with E-state index in [1.165, 1.54) is 0 Å². The molecule has 4 nitrogen and oxygen atoms in total.